The van der Waals surface area contributed by atoms with Crippen LogP contribution in [0.1, 0.15) is 25.3 Å². The minimum Gasteiger partial charge on any atom is -0.356 e. The maximum Gasteiger partial charge on any atom is 0.0384 e. The van der Waals surface area contributed by atoms with E-state index in [9.17, 15) is 0 Å². The minimum atomic E-state index is 0.659. The fourth-order valence-electron chi connectivity index (χ4n) is 2.05. The quantitative estimate of drug-likeness (QED) is 0.601. The first-order chi connectivity index (χ1) is 10.8. The molecule has 0 aliphatic carbocycles. The molecule has 3 rings (SSSR count). The third-order valence-electron chi connectivity index (χ3n) is 3.30. The zero-order chi connectivity index (χ0) is 15.6. The molecule has 0 heterocycles. The molecule has 3 aromatic carbocycles. The van der Waals surface area contributed by atoms with Gasteiger partial charge in [0.05, 0.1) is 0 Å². The van der Waals surface area contributed by atoms with E-state index in [2.05, 4.69) is 43.4 Å². The molecule has 0 saturated carbocycles. The van der Waals surface area contributed by atoms with E-state index < -0.39 is 0 Å². The number of benzene rings is 3. The highest BCUT2D eigenvalue weighted by molar-refractivity contribution is 5.58. The summed E-state index contributed by atoms with van der Waals surface area (Å²) in [6.45, 7) is 4.41. The SMILES string of the molecule is CC(C)c1ccccc1.c1ccc(Nc2ccccc2)cc1. The van der Waals surface area contributed by atoms with E-state index in [-0.39, 0.29) is 0 Å². The molecule has 0 atom stereocenters. The van der Waals surface area contributed by atoms with Gasteiger partial charge in [0.15, 0.2) is 0 Å². The Balaban J connectivity index is 0.000000172. The molecule has 0 fully saturated rings. The normalized spacial score (nSPS) is 9.77. The summed E-state index contributed by atoms with van der Waals surface area (Å²) in [5, 5.41) is 3.30. The van der Waals surface area contributed by atoms with Crippen molar-refractivity contribution in [1.29, 1.82) is 0 Å². The van der Waals surface area contributed by atoms with Crippen molar-refractivity contribution in [3.63, 3.8) is 0 Å². The van der Waals surface area contributed by atoms with Crippen molar-refractivity contribution in [1.82, 2.24) is 0 Å². The highest BCUT2D eigenvalue weighted by atomic mass is 14.9. The molecule has 112 valence electrons. The number of hydrogen-bond acceptors (Lipinski definition) is 1. The van der Waals surface area contributed by atoms with Gasteiger partial charge in [-0.25, -0.2) is 0 Å². The first-order valence-corrected chi connectivity index (χ1v) is 7.68. The van der Waals surface area contributed by atoms with Gasteiger partial charge in [-0.2, -0.15) is 0 Å². The van der Waals surface area contributed by atoms with E-state index in [1.54, 1.807) is 0 Å². The summed E-state index contributed by atoms with van der Waals surface area (Å²) < 4.78 is 0. The van der Waals surface area contributed by atoms with Crippen LogP contribution in [0.25, 0.3) is 0 Å². The van der Waals surface area contributed by atoms with Crippen molar-refractivity contribution in [3.05, 3.63) is 96.6 Å². The second kappa shape index (κ2) is 8.68. The van der Waals surface area contributed by atoms with Gasteiger partial charge < -0.3 is 5.32 Å². The third-order valence-corrected chi connectivity index (χ3v) is 3.30. The highest BCUT2D eigenvalue weighted by Gasteiger charge is 1.93. The summed E-state index contributed by atoms with van der Waals surface area (Å²) in [4.78, 5) is 0. The van der Waals surface area contributed by atoms with Gasteiger partial charge in [-0.15, -0.1) is 0 Å². The molecule has 22 heavy (non-hydrogen) atoms. The maximum atomic E-state index is 3.30. The Bertz CT molecular complexity index is 593. The van der Waals surface area contributed by atoms with Crippen LogP contribution in [0, 0.1) is 0 Å². The standard InChI is InChI=1S/C12H11N.C9H12/c1-3-7-11(8-4-1)13-12-9-5-2-6-10-12;1-8(2)9-6-4-3-5-7-9/h1-10,13H;3-8H,1-2H3. The van der Waals surface area contributed by atoms with Gasteiger partial charge in [-0.3, -0.25) is 0 Å². The van der Waals surface area contributed by atoms with Crippen molar-refractivity contribution in [3.8, 4) is 0 Å². The van der Waals surface area contributed by atoms with Crippen molar-refractivity contribution in [2.24, 2.45) is 0 Å². The molecule has 0 unspecified atom stereocenters. The van der Waals surface area contributed by atoms with E-state index >= 15 is 0 Å². The number of rotatable bonds is 3. The number of hydrogen-bond donors (Lipinski definition) is 1. The molecule has 0 saturated heterocycles. The molecular formula is C21H23N. The average molecular weight is 289 g/mol. The average Bonchev–Trinajstić information content (AvgIpc) is 2.58. The lowest BCUT2D eigenvalue weighted by Gasteiger charge is -2.04. The van der Waals surface area contributed by atoms with Crippen LogP contribution in [0.4, 0.5) is 11.4 Å². The fraction of sp³-hybridized carbons (Fsp3) is 0.143. The molecule has 1 nitrogen and oxygen atoms in total. The smallest absolute Gasteiger partial charge is 0.0384 e. The van der Waals surface area contributed by atoms with Gasteiger partial charge in [0.25, 0.3) is 0 Å². The molecule has 0 spiro atoms. The van der Waals surface area contributed by atoms with E-state index in [0.717, 1.165) is 11.4 Å². The van der Waals surface area contributed by atoms with Gasteiger partial charge in [0.2, 0.25) is 0 Å². The number of para-hydroxylation sites is 2. The molecule has 0 amide bonds. The van der Waals surface area contributed by atoms with Crippen molar-refractivity contribution >= 4 is 11.4 Å². The van der Waals surface area contributed by atoms with Crippen LogP contribution >= 0.6 is 0 Å². The molecule has 3 aromatic rings. The van der Waals surface area contributed by atoms with Crippen LogP contribution in [0.5, 0.6) is 0 Å². The Labute approximate surface area is 133 Å². The monoisotopic (exact) mass is 289 g/mol. The molecule has 1 N–H and O–H groups in total. The second-order valence-electron chi connectivity index (χ2n) is 5.42. The van der Waals surface area contributed by atoms with Crippen molar-refractivity contribution in [2.75, 3.05) is 5.32 Å². The predicted octanol–water partition coefficient (Wildman–Crippen LogP) is 6.24. The van der Waals surface area contributed by atoms with Gasteiger partial charge in [0.1, 0.15) is 0 Å². The number of nitrogens with one attached hydrogen (secondary N) is 1. The zero-order valence-electron chi connectivity index (χ0n) is 13.2. The minimum absolute atomic E-state index is 0.659. The van der Waals surface area contributed by atoms with Crippen LogP contribution in [-0.2, 0) is 0 Å². The largest absolute Gasteiger partial charge is 0.356 e. The predicted molar refractivity (Wildman–Crippen MR) is 96.7 cm³/mol. The summed E-state index contributed by atoms with van der Waals surface area (Å²) in [5.74, 6) is 0.659. The molecule has 0 radical (unpaired) electrons. The van der Waals surface area contributed by atoms with E-state index in [1.807, 2.05) is 66.7 Å². The van der Waals surface area contributed by atoms with Crippen molar-refractivity contribution < 1.29 is 0 Å². The van der Waals surface area contributed by atoms with Crippen LogP contribution < -0.4 is 5.32 Å². The molecule has 0 aromatic heterocycles. The Morgan fingerprint density at radius 2 is 0.909 bits per heavy atom. The number of anilines is 2. The Hall–Kier alpha value is -2.54. The van der Waals surface area contributed by atoms with Crippen LogP contribution in [-0.4, -0.2) is 0 Å². The molecule has 1 heteroatoms. The van der Waals surface area contributed by atoms with E-state index in [0.29, 0.717) is 5.92 Å². The van der Waals surface area contributed by atoms with E-state index in [1.165, 1.54) is 5.56 Å². The molecule has 0 bridgehead atoms. The molecule has 0 aliphatic rings. The topological polar surface area (TPSA) is 12.0 Å². The highest BCUT2D eigenvalue weighted by Crippen LogP contribution is 2.14. The van der Waals surface area contributed by atoms with Crippen LogP contribution in [0.15, 0.2) is 91.0 Å². The van der Waals surface area contributed by atoms with E-state index in [4.69, 9.17) is 0 Å². The Morgan fingerprint density at radius 3 is 1.23 bits per heavy atom. The lowest BCUT2D eigenvalue weighted by Crippen LogP contribution is -1.87. The first-order valence-electron chi connectivity index (χ1n) is 7.68. The van der Waals surface area contributed by atoms with Crippen molar-refractivity contribution in [2.45, 2.75) is 19.8 Å². The maximum absolute atomic E-state index is 3.30. The summed E-state index contributed by atoms with van der Waals surface area (Å²) >= 11 is 0. The summed E-state index contributed by atoms with van der Waals surface area (Å²) in [6.07, 6.45) is 0. The molecular weight excluding hydrogens is 266 g/mol. The Morgan fingerprint density at radius 1 is 0.545 bits per heavy atom. The summed E-state index contributed by atoms with van der Waals surface area (Å²) in [7, 11) is 0. The van der Waals surface area contributed by atoms with Crippen LogP contribution in [0.2, 0.25) is 0 Å². The second-order valence-corrected chi connectivity index (χ2v) is 5.42. The fourth-order valence-corrected chi connectivity index (χ4v) is 2.05. The van der Waals surface area contributed by atoms with Gasteiger partial charge in [-0.05, 0) is 35.7 Å². The van der Waals surface area contributed by atoms with Gasteiger partial charge in [0, 0.05) is 11.4 Å². The Kier molecular flexibility index (Phi) is 6.25. The summed E-state index contributed by atoms with van der Waals surface area (Å²) in [5.41, 5.74) is 3.65. The lowest BCUT2D eigenvalue weighted by atomic mass is 10.0. The summed E-state index contributed by atoms with van der Waals surface area (Å²) in [6, 6.07) is 30.8. The lowest BCUT2D eigenvalue weighted by molar-refractivity contribution is 0.867. The first kappa shape index (κ1) is 15.8. The third kappa shape index (κ3) is 5.45. The zero-order valence-corrected chi connectivity index (χ0v) is 13.2. The molecule has 0 aliphatic heterocycles. The van der Waals surface area contributed by atoms with Crippen LogP contribution in [0.3, 0.4) is 0 Å². The van der Waals surface area contributed by atoms with Gasteiger partial charge in [-0.1, -0.05) is 80.6 Å². The van der Waals surface area contributed by atoms with Gasteiger partial charge >= 0.3 is 0 Å².